The number of likely N-dealkylation sites (tertiary alicyclic amines) is 1. The van der Waals surface area contributed by atoms with Crippen LogP contribution in [0.4, 0.5) is 4.39 Å². The van der Waals surface area contributed by atoms with Crippen molar-refractivity contribution in [2.45, 2.75) is 55.5 Å². The number of imide groups is 1. The average Bonchev–Trinajstić information content (AvgIpc) is 3.00. The highest BCUT2D eigenvalue weighted by Crippen LogP contribution is 2.40. The van der Waals surface area contributed by atoms with Gasteiger partial charge in [-0.3, -0.25) is 19.3 Å². The molecule has 1 aromatic rings. The van der Waals surface area contributed by atoms with Gasteiger partial charge in [-0.05, 0) is 61.5 Å². The number of nitrogens with one attached hydrogen (secondary N) is 1. The van der Waals surface area contributed by atoms with E-state index in [9.17, 15) is 18.8 Å². The number of hydrogen-bond acceptors (Lipinski definition) is 5. The highest BCUT2D eigenvalue weighted by Gasteiger charge is 2.51. The first kappa shape index (κ1) is 21.7. The Morgan fingerprint density at radius 3 is 2.60 bits per heavy atom. The number of carbonyl (C=O) groups is 3. The molecule has 2 aliphatic heterocycles. The summed E-state index contributed by atoms with van der Waals surface area (Å²) in [7, 11) is 0. The predicted molar refractivity (Wildman–Crippen MR) is 117 cm³/mol. The van der Waals surface area contributed by atoms with Crippen LogP contribution in [0.25, 0.3) is 0 Å². The van der Waals surface area contributed by atoms with Gasteiger partial charge in [-0.1, -0.05) is 12.8 Å². The summed E-state index contributed by atoms with van der Waals surface area (Å²) in [5, 5.41) is 3.04. The van der Waals surface area contributed by atoms with Gasteiger partial charge in [0.2, 0.25) is 17.7 Å². The molecule has 3 aliphatic rings. The number of carbonyl (C=O) groups excluding carboxylic acids is 3. The van der Waals surface area contributed by atoms with Crippen molar-refractivity contribution >= 4 is 41.2 Å². The molecule has 1 aromatic carbocycles. The van der Waals surface area contributed by atoms with Crippen LogP contribution in [-0.2, 0) is 14.4 Å². The first-order chi connectivity index (χ1) is 14.5. The fraction of sp³-hybridized carbons (Fsp3) is 0.591. The molecule has 0 aromatic heterocycles. The minimum atomic E-state index is -0.797. The van der Waals surface area contributed by atoms with Crippen LogP contribution >= 0.6 is 23.5 Å². The molecule has 0 bridgehead atoms. The Balaban J connectivity index is 1.56. The van der Waals surface area contributed by atoms with Crippen molar-refractivity contribution < 1.29 is 18.8 Å². The molecule has 4 unspecified atom stereocenters. The number of nitrogens with zero attached hydrogens (tertiary/aromatic N) is 1. The zero-order valence-electron chi connectivity index (χ0n) is 17.1. The van der Waals surface area contributed by atoms with Crippen molar-refractivity contribution in [2.75, 3.05) is 17.8 Å². The van der Waals surface area contributed by atoms with Crippen molar-refractivity contribution in [2.24, 2.45) is 11.8 Å². The lowest BCUT2D eigenvalue weighted by atomic mass is 9.81. The SMILES string of the molecule is CSCCC(C(=O)NC1CCSc2ccc(F)cc21)N1C(=O)C2CCCCC2C1=O. The topological polar surface area (TPSA) is 66.5 Å². The van der Waals surface area contributed by atoms with Gasteiger partial charge in [0.25, 0.3) is 0 Å². The number of hydrogen-bond donors (Lipinski definition) is 1. The van der Waals surface area contributed by atoms with E-state index < -0.39 is 6.04 Å². The first-order valence-electron chi connectivity index (χ1n) is 10.6. The minimum absolute atomic E-state index is 0.184. The lowest BCUT2D eigenvalue weighted by molar-refractivity contribution is -0.148. The minimum Gasteiger partial charge on any atom is -0.347 e. The predicted octanol–water partition coefficient (Wildman–Crippen LogP) is 3.78. The van der Waals surface area contributed by atoms with E-state index in [-0.39, 0.29) is 41.4 Å². The normalized spacial score (nSPS) is 26.9. The Kier molecular flexibility index (Phi) is 6.72. The maximum Gasteiger partial charge on any atom is 0.243 e. The molecule has 162 valence electrons. The van der Waals surface area contributed by atoms with Crippen molar-refractivity contribution in [3.05, 3.63) is 29.6 Å². The zero-order valence-corrected chi connectivity index (χ0v) is 18.7. The number of rotatable bonds is 6. The second-order valence-corrected chi connectivity index (χ2v) is 10.3. The van der Waals surface area contributed by atoms with Gasteiger partial charge in [0.05, 0.1) is 17.9 Å². The van der Waals surface area contributed by atoms with Gasteiger partial charge < -0.3 is 5.32 Å². The molecule has 4 rings (SSSR count). The number of amides is 3. The van der Waals surface area contributed by atoms with E-state index >= 15 is 0 Å². The molecule has 4 atom stereocenters. The molecule has 1 N–H and O–H groups in total. The smallest absolute Gasteiger partial charge is 0.243 e. The van der Waals surface area contributed by atoms with Crippen molar-refractivity contribution in [1.82, 2.24) is 10.2 Å². The van der Waals surface area contributed by atoms with Gasteiger partial charge in [0, 0.05) is 10.6 Å². The number of thioether (sulfide) groups is 2. The summed E-state index contributed by atoms with van der Waals surface area (Å²) >= 11 is 3.24. The Morgan fingerprint density at radius 1 is 1.23 bits per heavy atom. The van der Waals surface area contributed by atoms with Gasteiger partial charge in [0.1, 0.15) is 11.9 Å². The standard InChI is InChI=1S/C22H27FN2O3S2/c1-29-10-9-18(25-21(27)14-4-2-3-5-15(14)22(25)28)20(26)24-17-8-11-30-19-7-6-13(23)12-16(17)19/h6-7,12,14-15,17-18H,2-5,8-11H2,1H3,(H,24,26). The van der Waals surface area contributed by atoms with E-state index in [2.05, 4.69) is 5.32 Å². The van der Waals surface area contributed by atoms with E-state index in [1.165, 1.54) is 17.0 Å². The van der Waals surface area contributed by atoms with Crippen LogP contribution in [-0.4, -0.2) is 46.4 Å². The number of benzene rings is 1. The molecule has 5 nitrogen and oxygen atoms in total. The molecule has 2 fully saturated rings. The Hall–Kier alpha value is -1.54. The fourth-order valence-corrected chi connectivity index (χ4v) is 6.45. The molecule has 3 amide bonds. The first-order valence-corrected chi connectivity index (χ1v) is 13.0. The number of halogens is 1. The zero-order chi connectivity index (χ0) is 21.3. The lowest BCUT2D eigenvalue weighted by Crippen LogP contribution is -2.51. The van der Waals surface area contributed by atoms with Gasteiger partial charge in [0.15, 0.2) is 0 Å². The van der Waals surface area contributed by atoms with Crippen LogP contribution < -0.4 is 5.32 Å². The lowest BCUT2D eigenvalue weighted by Gasteiger charge is -2.30. The molecule has 0 radical (unpaired) electrons. The van der Waals surface area contributed by atoms with E-state index in [1.807, 2.05) is 6.26 Å². The summed E-state index contributed by atoms with van der Waals surface area (Å²) in [6.07, 6.45) is 6.44. The van der Waals surface area contributed by atoms with E-state index in [0.717, 1.165) is 41.9 Å². The summed E-state index contributed by atoms with van der Waals surface area (Å²) in [5.41, 5.74) is 0.774. The summed E-state index contributed by atoms with van der Waals surface area (Å²) in [5.74, 6) is -0.0392. The van der Waals surface area contributed by atoms with Crippen LogP contribution in [0.1, 0.15) is 50.1 Å². The van der Waals surface area contributed by atoms with Crippen LogP contribution in [0.5, 0.6) is 0 Å². The van der Waals surface area contributed by atoms with Crippen molar-refractivity contribution in [1.29, 1.82) is 0 Å². The van der Waals surface area contributed by atoms with E-state index in [4.69, 9.17) is 0 Å². The van der Waals surface area contributed by atoms with Crippen molar-refractivity contribution in [3.8, 4) is 0 Å². The molecular weight excluding hydrogens is 423 g/mol. The third-order valence-corrected chi connectivity index (χ3v) is 8.18. The summed E-state index contributed by atoms with van der Waals surface area (Å²) in [6.45, 7) is 0. The van der Waals surface area contributed by atoms with Crippen LogP contribution in [0, 0.1) is 17.7 Å². The van der Waals surface area contributed by atoms with Gasteiger partial charge in [-0.15, -0.1) is 11.8 Å². The van der Waals surface area contributed by atoms with E-state index in [1.54, 1.807) is 29.6 Å². The molecule has 1 aliphatic carbocycles. The van der Waals surface area contributed by atoms with Gasteiger partial charge >= 0.3 is 0 Å². The van der Waals surface area contributed by atoms with Crippen LogP contribution in [0.3, 0.4) is 0 Å². The van der Waals surface area contributed by atoms with Crippen LogP contribution in [0.2, 0.25) is 0 Å². The highest BCUT2D eigenvalue weighted by molar-refractivity contribution is 7.99. The fourth-order valence-electron chi connectivity index (χ4n) is 4.89. The molecule has 8 heteroatoms. The average molecular weight is 451 g/mol. The number of fused-ring (bicyclic) bond motifs is 2. The highest BCUT2D eigenvalue weighted by atomic mass is 32.2. The molecule has 1 saturated carbocycles. The van der Waals surface area contributed by atoms with Gasteiger partial charge in [-0.25, -0.2) is 4.39 Å². The monoisotopic (exact) mass is 450 g/mol. The Morgan fingerprint density at radius 2 is 1.93 bits per heavy atom. The molecule has 30 heavy (non-hydrogen) atoms. The Labute approximate surface area is 184 Å². The summed E-state index contributed by atoms with van der Waals surface area (Å²) in [4.78, 5) is 41.7. The second-order valence-electron chi connectivity index (χ2n) is 8.22. The molecular formula is C22H27FN2O3S2. The largest absolute Gasteiger partial charge is 0.347 e. The summed E-state index contributed by atoms with van der Waals surface area (Å²) in [6, 6.07) is 3.55. The van der Waals surface area contributed by atoms with E-state index in [0.29, 0.717) is 18.6 Å². The molecule has 0 spiro atoms. The second kappa shape index (κ2) is 9.30. The maximum atomic E-state index is 13.8. The quantitative estimate of drug-likeness (QED) is 0.669. The Bertz CT molecular complexity index is 826. The van der Waals surface area contributed by atoms with Crippen LogP contribution in [0.15, 0.2) is 23.1 Å². The molecule has 2 heterocycles. The molecule has 1 saturated heterocycles. The third kappa shape index (κ3) is 4.13. The maximum absolute atomic E-state index is 13.8. The third-order valence-electron chi connectivity index (χ3n) is 6.41. The summed E-state index contributed by atoms with van der Waals surface area (Å²) < 4.78 is 13.8. The van der Waals surface area contributed by atoms with Gasteiger partial charge in [-0.2, -0.15) is 11.8 Å². The van der Waals surface area contributed by atoms with Crippen molar-refractivity contribution in [3.63, 3.8) is 0 Å².